The molecule has 0 atom stereocenters. The van der Waals surface area contributed by atoms with Crippen LogP contribution in [-0.2, 0) is 12.0 Å². The van der Waals surface area contributed by atoms with Crippen LogP contribution in [0.2, 0.25) is 0 Å². The molecule has 116 valence electrons. The Bertz CT molecular complexity index is 602. The van der Waals surface area contributed by atoms with Gasteiger partial charge in [0, 0.05) is 17.5 Å². The van der Waals surface area contributed by atoms with E-state index in [1.54, 1.807) is 0 Å². The summed E-state index contributed by atoms with van der Waals surface area (Å²) in [5.74, 6) is 0. The van der Waals surface area contributed by atoms with Crippen molar-refractivity contribution < 1.29 is 4.42 Å². The summed E-state index contributed by atoms with van der Waals surface area (Å²) < 4.78 is 5.67. The fraction of sp³-hybridized carbons (Fsp3) is 0.579. The zero-order chi connectivity index (χ0) is 15.7. The molecule has 2 heteroatoms. The lowest BCUT2D eigenvalue weighted by Crippen LogP contribution is -2.24. The van der Waals surface area contributed by atoms with Crippen LogP contribution in [0.15, 0.2) is 28.9 Å². The molecule has 2 nitrogen and oxygen atoms in total. The maximum absolute atomic E-state index is 5.67. The third-order valence-electron chi connectivity index (χ3n) is 3.97. The first-order valence-corrected chi connectivity index (χ1v) is 7.94. The van der Waals surface area contributed by atoms with Crippen molar-refractivity contribution in [3.05, 3.63) is 35.6 Å². The van der Waals surface area contributed by atoms with Crippen molar-refractivity contribution in [2.45, 2.75) is 59.9 Å². The summed E-state index contributed by atoms with van der Waals surface area (Å²) in [4.78, 5) is 0. The van der Waals surface area contributed by atoms with Gasteiger partial charge in [0.25, 0.3) is 0 Å². The summed E-state index contributed by atoms with van der Waals surface area (Å²) in [5.41, 5.74) is 4.11. The molecular formula is C19H29NO. The Hall–Kier alpha value is -1.28. The number of furan rings is 1. The smallest absolute Gasteiger partial charge is 0.134 e. The van der Waals surface area contributed by atoms with Gasteiger partial charge < -0.3 is 9.73 Å². The average Bonchev–Trinajstić information content (AvgIpc) is 2.75. The largest absolute Gasteiger partial charge is 0.464 e. The average molecular weight is 287 g/mol. The van der Waals surface area contributed by atoms with Gasteiger partial charge in [-0.3, -0.25) is 0 Å². The third kappa shape index (κ3) is 3.88. The quantitative estimate of drug-likeness (QED) is 0.812. The van der Waals surface area contributed by atoms with Crippen LogP contribution in [0.5, 0.6) is 0 Å². The van der Waals surface area contributed by atoms with Crippen molar-refractivity contribution in [3.8, 4) is 0 Å². The monoisotopic (exact) mass is 287 g/mol. The van der Waals surface area contributed by atoms with E-state index in [-0.39, 0.29) is 5.41 Å². The molecule has 0 saturated carbocycles. The molecule has 0 aliphatic carbocycles. The molecule has 0 radical (unpaired) electrons. The maximum Gasteiger partial charge on any atom is 0.134 e. The fourth-order valence-corrected chi connectivity index (χ4v) is 3.33. The lowest BCUT2D eigenvalue weighted by Gasteiger charge is -2.33. The van der Waals surface area contributed by atoms with E-state index in [1.165, 1.54) is 16.5 Å². The van der Waals surface area contributed by atoms with Crippen LogP contribution in [0.25, 0.3) is 11.0 Å². The van der Waals surface area contributed by atoms with E-state index in [2.05, 4.69) is 65.1 Å². The first-order valence-electron chi connectivity index (χ1n) is 7.94. The van der Waals surface area contributed by atoms with Gasteiger partial charge in [0.05, 0.1) is 6.26 Å². The summed E-state index contributed by atoms with van der Waals surface area (Å²) >= 11 is 0. The second-order valence-electron chi connectivity index (χ2n) is 7.87. The van der Waals surface area contributed by atoms with Crippen molar-refractivity contribution in [3.63, 3.8) is 0 Å². The summed E-state index contributed by atoms with van der Waals surface area (Å²) in [7, 11) is 0. The normalized spacial score (nSPS) is 13.0. The van der Waals surface area contributed by atoms with E-state index in [0.29, 0.717) is 5.41 Å². The van der Waals surface area contributed by atoms with E-state index in [9.17, 15) is 0 Å². The van der Waals surface area contributed by atoms with Crippen LogP contribution in [0, 0.1) is 5.41 Å². The first-order chi connectivity index (χ1) is 9.73. The van der Waals surface area contributed by atoms with Crippen LogP contribution < -0.4 is 5.32 Å². The number of benzene rings is 1. The highest BCUT2D eigenvalue weighted by Gasteiger charge is 2.27. The summed E-state index contributed by atoms with van der Waals surface area (Å²) in [6.45, 7) is 15.6. The van der Waals surface area contributed by atoms with Gasteiger partial charge in [-0.25, -0.2) is 0 Å². The first kappa shape index (κ1) is 16.1. The Kier molecular flexibility index (Phi) is 4.48. The standard InChI is InChI=1S/C19H29NO/c1-7-20-11-14-12-21-17-9-8-15(10-16(14)17)19(5,6)13-18(2,3)4/h8-10,12,20H,7,11,13H2,1-6H3. The van der Waals surface area contributed by atoms with E-state index >= 15 is 0 Å². The van der Waals surface area contributed by atoms with Crippen molar-refractivity contribution in [1.29, 1.82) is 0 Å². The summed E-state index contributed by atoms with van der Waals surface area (Å²) in [5, 5.41) is 4.63. The second kappa shape index (κ2) is 5.84. The molecule has 0 bridgehead atoms. The topological polar surface area (TPSA) is 25.2 Å². The molecule has 0 fully saturated rings. The molecular weight excluding hydrogens is 258 g/mol. The predicted octanol–water partition coefficient (Wildman–Crippen LogP) is 5.26. The minimum atomic E-state index is 0.166. The number of nitrogens with one attached hydrogen (secondary N) is 1. The number of rotatable bonds is 5. The van der Waals surface area contributed by atoms with Gasteiger partial charge in [-0.1, -0.05) is 47.6 Å². The molecule has 2 rings (SSSR count). The third-order valence-corrected chi connectivity index (χ3v) is 3.97. The van der Waals surface area contributed by atoms with Crippen molar-refractivity contribution >= 4 is 11.0 Å². The van der Waals surface area contributed by atoms with Gasteiger partial charge in [0.2, 0.25) is 0 Å². The highest BCUT2D eigenvalue weighted by atomic mass is 16.3. The number of hydrogen-bond donors (Lipinski definition) is 1. The molecule has 2 aromatic rings. The summed E-state index contributed by atoms with van der Waals surface area (Å²) in [6, 6.07) is 6.65. The Morgan fingerprint density at radius 1 is 1.10 bits per heavy atom. The van der Waals surface area contributed by atoms with E-state index in [1.807, 2.05) is 6.26 Å². The van der Waals surface area contributed by atoms with E-state index in [0.717, 1.165) is 25.1 Å². The van der Waals surface area contributed by atoms with E-state index in [4.69, 9.17) is 4.42 Å². The molecule has 0 spiro atoms. The van der Waals surface area contributed by atoms with Crippen molar-refractivity contribution in [1.82, 2.24) is 5.32 Å². The molecule has 1 N–H and O–H groups in total. The van der Waals surface area contributed by atoms with Crippen LogP contribution in [0.4, 0.5) is 0 Å². The van der Waals surface area contributed by atoms with Gasteiger partial charge in [-0.05, 0) is 41.5 Å². The van der Waals surface area contributed by atoms with Crippen LogP contribution in [0.1, 0.15) is 59.1 Å². The zero-order valence-electron chi connectivity index (χ0n) is 14.3. The Morgan fingerprint density at radius 2 is 1.81 bits per heavy atom. The number of fused-ring (bicyclic) bond motifs is 1. The van der Waals surface area contributed by atoms with Crippen LogP contribution in [0.3, 0.4) is 0 Å². The molecule has 0 amide bonds. The van der Waals surface area contributed by atoms with Gasteiger partial charge in [0.15, 0.2) is 0 Å². The fourth-order valence-electron chi connectivity index (χ4n) is 3.33. The lowest BCUT2D eigenvalue weighted by atomic mass is 9.72. The molecule has 21 heavy (non-hydrogen) atoms. The highest BCUT2D eigenvalue weighted by Crippen LogP contribution is 2.37. The molecule has 1 heterocycles. The molecule has 0 aliphatic rings. The Morgan fingerprint density at radius 3 is 2.43 bits per heavy atom. The Labute approximate surface area is 128 Å². The molecule has 1 aromatic carbocycles. The molecule has 0 saturated heterocycles. The molecule has 0 unspecified atom stereocenters. The van der Waals surface area contributed by atoms with Crippen molar-refractivity contribution in [2.24, 2.45) is 5.41 Å². The van der Waals surface area contributed by atoms with Gasteiger partial charge >= 0.3 is 0 Å². The minimum absolute atomic E-state index is 0.166. The molecule has 0 aliphatic heterocycles. The van der Waals surface area contributed by atoms with Gasteiger partial charge in [-0.15, -0.1) is 0 Å². The zero-order valence-corrected chi connectivity index (χ0v) is 14.3. The maximum atomic E-state index is 5.67. The van der Waals surface area contributed by atoms with Crippen molar-refractivity contribution in [2.75, 3.05) is 6.54 Å². The Balaban J connectivity index is 2.36. The van der Waals surface area contributed by atoms with Gasteiger partial charge in [-0.2, -0.15) is 0 Å². The highest BCUT2D eigenvalue weighted by molar-refractivity contribution is 5.82. The van der Waals surface area contributed by atoms with E-state index < -0.39 is 0 Å². The summed E-state index contributed by atoms with van der Waals surface area (Å²) in [6.07, 6.45) is 3.04. The predicted molar refractivity (Wildman–Crippen MR) is 90.7 cm³/mol. The second-order valence-corrected chi connectivity index (χ2v) is 7.87. The molecule has 1 aromatic heterocycles. The van der Waals surface area contributed by atoms with Gasteiger partial charge in [0.1, 0.15) is 5.58 Å². The lowest BCUT2D eigenvalue weighted by molar-refractivity contribution is 0.284. The SMILES string of the molecule is CCNCc1coc2ccc(C(C)(C)CC(C)(C)C)cc12. The van der Waals surface area contributed by atoms with Crippen LogP contribution in [-0.4, -0.2) is 6.54 Å². The van der Waals surface area contributed by atoms with Crippen LogP contribution >= 0.6 is 0 Å². The minimum Gasteiger partial charge on any atom is -0.464 e. The number of hydrogen-bond acceptors (Lipinski definition) is 2.